The molecule has 0 saturated heterocycles. The SMILES string of the molecule is COCCOCCCN=C(NCCCCN(C)C(C)C)Nc1ccc(OC(C)C)cc1.I. The summed E-state index contributed by atoms with van der Waals surface area (Å²) in [6.07, 6.45) is 3.29. The van der Waals surface area contributed by atoms with E-state index in [9.17, 15) is 0 Å². The van der Waals surface area contributed by atoms with Gasteiger partial charge >= 0.3 is 0 Å². The van der Waals surface area contributed by atoms with Crippen LogP contribution in [0.3, 0.4) is 0 Å². The summed E-state index contributed by atoms with van der Waals surface area (Å²) in [5.74, 6) is 1.67. The number of halogens is 1. The van der Waals surface area contributed by atoms with E-state index in [-0.39, 0.29) is 30.1 Å². The number of nitrogens with one attached hydrogen (secondary N) is 2. The Bertz CT molecular complexity index is 597. The van der Waals surface area contributed by atoms with Crippen molar-refractivity contribution in [2.75, 3.05) is 58.9 Å². The molecule has 2 N–H and O–H groups in total. The van der Waals surface area contributed by atoms with E-state index in [1.165, 1.54) is 0 Å². The van der Waals surface area contributed by atoms with Crippen LogP contribution >= 0.6 is 24.0 Å². The summed E-state index contributed by atoms with van der Waals surface area (Å²) in [5, 5.41) is 6.86. The first-order valence-electron chi connectivity index (χ1n) is 11.5. The van der Waals surface area contributed by atoms with Gasteiger partial charge in [0.2, 0.25) is 0 Å². The molecule has 186 valence electrons. The minimum Gasteiger partial charge on any atom is -0.491 e. The molecule has 8 heteroatoms. The standard InChI is InChI=1S/C24H44N4O3.HI/c1-20(2)28(5)16-8-7-14-25-24(26-15-9-17-30-19-18-29-6)27-22-10-12-23(13-11-22)31-21(3)4;/h10-13,20-21H,7-9,14-19H2,1-6H3,(H2,25,26,27);1H. The van der Waals surface area contributed by atoms with Crippen LogP contribution in [0, 0.1) is 0 Å². The highest BCUT2D eigenvalue weighted by Gasteiger charge is 2.04. The molecule has 0 saturated carbocycles. The molecule has 1 aromatic carbocycles. The molecule has 0 aliphatic heterocycles. The highest BCUT2D eigenvalue weighted by molar-refractivity contribution is 14.0. The number of nitrogens with zero attached hydrogens (tertiary/aromatic N) is 2. The van der Waals surface area contributed by atoms with Crippen molar-refractivity contribution in [2.24, 2.45) is 4.99 Å². The number of unbranched alkanes of at least 4 members (excludes halogenated alkanes) is 1. The normalized spacial score (nSPS) is 11.7. The second-order valence-electron chi connectivity index (χ2n) is 8.21. The summed E-state index contributed by atoms with van der Waals surface area (Å²) in [4.78, 5) is 7.08. The average Bonchev–Trinajstić information content (AvgIpc) is 2.73. The van der Waals surface area contributed by atoms with E-state index >= 15 is 0 Å². The van der Waals surface area contributed by atoms with Crippen LogP contribution in [0.25, 0.3) is 0 Å². The lowest BCUT2D eigenvalue weighted by molar-refractivity contribution is 0.0702. The molecule has 0 heterocycles. The molecule has 0 aromatic heterocycles. The second kappa shape index (κ2) is 19.4. The van der Waals surface area contributed by atoms with E-state index in [0.717, 1.165) is 49.7 Å². The number of guanidine groups is 1. The molecule has 32 heavy (non-hydrogen) atoms. The van der Waals surface area contributed by atoms with Gasteiger partial charge in [-0.2, -0.15) is 0 Å². The molecule has 0 fully saturated rings. The molecule has 0 spiro atoms. The third-order valence-electron chi connectivity index (χ3n) is 4.75. The largest absolute Gasteiger partial charge is 0.491 e. The summed E-state index contributed by atoms with van der Waals surface area (Å²) in [6.45, 7) is 13.1. The van der Waals surface area contributed by atoms with Crippen LogP contribution in [0.5, 0.6) is 5.75 Å². The van der Waals surface area contributed by atoms with Gasteiger partial charge in [0.25, 0.3) is 0 Å². The fraction of sp³-hybridized carbons (Fsp3) is 0.708. The van der Waals surface area contributed by atoms with Crippen molar-refractivity contribution in [1.29, 1.82) is 0 Å². The molecule has 0 radical (unpaired) electrons. The van der Waals surface area contributed by atoms with Crippen molar-refractivity contribution >= 4 is 35.6 Å². The van der Waals surface area contributed by atoms with E-state index in [1.807, 2.05) is 38.1 Å². The maximum Gasteiger partial charge on any atom is 0.195 e. The smallest absolute Gasteiger partial charge is 0.195 e. The number of benzene rings is 1. The van der Waals surface area contributed by atoms with Gasteiger partial charge in [0, 0.05) is 38.5 Å². The first kappa shape index (κ1) is 30.9. The number of aliphatic imine (C=N–C) groups is 1. The predicted molar refractivity (Wildman–Crippen MR) is 146 cm³/mol. The Balaban J connectivity index is 0.00000961. The van der Waals surface area contributed by atoms with Crippen molar-refractivity contribution in [3.63, 3.8) is 0 Å². The number of ether oxygens (including phenoxy) is 3. The Morgan fingerprint density at radius 1 is 1.00 bits per heavy atom. The van der Waals surface area contributed by atoms with Crippen LogP contribution in [-0.2, 0) is 9.47 Å². The maximum absolute atomic E-state index is 5.72. The van der Waals surface area contributed by atoms with Gasteiger partial charge in [0.1, 0.15) is 5.75 Å². The third-order valence-corrected chi connectivity index (χ3v) is 4.75. The number of methoxy groups -OCH3 is 1. The molecular weight excluding hydrogens is 519 g/mol. The van der Waals surface area contributed by atoms with Crippen LogP contribution in [0.4, 0.5) is 5.69 Å². The monoisotopic (exact) mass is 564 g/mol. The molecule has 1 aromatic rings. The quantitative estimate of drug-likeness (QED) is 0.132. The zero-order valence-corrected chi connectivity index (χ0v) is 23.2. The van der Waals surface area contributed by atoms with Gasteiger partial charge < -0.3 is 29.7 Å². The molecule has 0 aliphatic rings. The number of rotatable bonds is 16. The van der Waals surface area contributed by atoms with Crippen molar-refractivity contribution in [2.45, 2.75) is 59.1 Å². The van der Waals surface area contributed by atoms with E-state index in [4.69, 9.17) is 19.2 Å². The zero-order chi connectivity index (χ0) is 22.9. The van der Waals surface area contributed by atoms with Crippen molar-refractivity contribution in [3.05, 3.63) is 24.3 Å². The topological polar surface area (TPSA) is 67.4 Å². The van der Waals surface area contributed by atoms with Crippen LogP contribution in [0.15, 0.2) is 29.3 Å². The Labute approximate surface area is 212 Å². The third kappa shape index (κ3) is 15.7. The van der Waals surface area contributed by atoms with Crippen LogP contribution < -0.4 is 15.4 Å². The van der Waals surface area contributed by atoms with Crippen molar-refractivity contribution in [3.8, 4) is 5.75 Å². The minimum atomic E-state index is 0. The van der Waals surface area contributed by atoms with Crippen LogP contribution in [0.1, 0.15) is 47.0 Å². The zero-order valence-electron chi connectivity index (χ0n) is 20.9. The van der Waals surface area contributed by atoms with Gasteiger partial charge in [-0.3, -0.25) is 4.99 Å². The molecule has 1 rings (SSSR count). The van der Waals surface area contributed by atoms with Gasteiger partial charge in [-0.05, 0) is 84.8 Å². The van der Waals surface area contributed by atoms with Gasteiger partial charge in [-0.1, -0.05) is 0 Å². The van der Waals surface area contributed by atoms with E-state index in [2.05, 4.69) is 36.4 Å². The first-order chi connectivity index (χ1) is 14.9. The van der Waals surface area contributed by atoms with Gasteiger partial charge in [0.05, 0.1) is 19.3 Å². The Hall–Kier alpha value is -1.10. The summed E-state index contributed by atoms with van der Waals surface area (Å²) in [6, 6.07) is 8.57. The molecule has 0 aliphatic carbocycles. The first-order valence-corrected chi connectivity index (χ1v) is 11.5. The summed E-state index contributed by atoms with van der Waals surface area (Å²) < 4.78 is 16.2. The second-order valence-corrected chi connectivity index (χ2v) is 8.21. The Morgan fingerprint density at radius 2 is 1.72 bits per heavy atom. The van der Waals surface area contributed by atoms with Crippen LogP contribution in [0.2, 0.25) is 0 Å². The number of hydrogen-bond donors (Lipinski definition) is 2. The van der Waals surface area contributed by atoms with E-state index in [1.54, 1.807) is 7.11 Å². The Morgan fingerprint density at radius 3 is 2.34 bits per heavy atom. The van der Waals surface area contributed by atoms with E-state index < -0.39 is 0 Å². The highest BCUT2D eigenvalue weighted by atomic mass is 127. The molecule has 0 atom stereocenters. The number of anilines is 1. The summed E-state index contributed by atoms with van der Waals surface area (Å²) in [5.41, 5.74) is 0.984. The lowest BCUT2D eigenvalue weighted by atomic mass is 10.2. The number of hydrogen-bond acceptors (Lipinski definition) is 5. The van der Waals surface area contributed by atoms with Gasteiger partial charge in [0.15, 0.2) is 5.96 Å². The lowest BCUT2D eigenvalue weighted by Gasteiger charge is -2.20. The van der Waals surface area contributed by atoms with Gasteiger partial charge in [-0.25, -0.2) is 0 Å². The molecule has 0 unspecified atom stereocenters. The molecular formula is C24H45IN4O3. The lowest BCUT2D eigenvalue weighted by Crippen LogP contribution is -2.33. The van der Waals surface area contributed by atoms with Crippen LogP contribution in [-0.4, -0.2) is 76.6 Å². The fourth-order valence-corrected chi connectivity index (χ4v) is 2.72. The predicted octanol–water partition coefficient (Wildman–Crippen LogP) is 4.62. The highest BCUT2D eigenvalue weighted by Crippen LogP contribution is 2.16. The molecule has 7 nitrogen and oxygen atoms in total. The van der Waals surface area contributed by atoms with E-state index in [0.29, 0.717) is 32.4 Å². The fourth-order valence-electron chi connectivity index (χ4n) is 2.72. The van der Waals surface area contributed by atoms with Crippen molar-refractivity contribution < 1.29 is 14.2 Å². The summed E-state index contributed by atoms with van der Waals surface area (Å²) >= 11 is 0. The molecule has 0 bridgehead atoms. The van der Waals surface area contributed by atoms with Crippen molar-refractivity contribution in [1.82, 2.24) is 10.2 Å². The molecule has 0 amide bonds. The summed E-state index contributed by atoms with van der Waals surface area (Å²) in [7, 11) is 3.85. The average molecular weight is 565 g/mol. The van der Waals surface area contributed by atoms with Gasteiger partial charge in [-0.15, -0.1) is 24.0 Å². The maximum atomic E-state index is 5.72. The minimum absolute atomic E-state index is 0. The Kier molecular flexibility index (Phi) is 18.7.